The van der Waals surface area contributed by atoms with Crippen molar-refractivity contribution in [3.63, 3.8) is 0 Å². The second-order valence-corrected chi connectivity index (χ2v) is 7.81. The lowest BCUT2D eigenvalue weighted by atomic mass is 9.94. The van der Waals surface area contributed by atoms with Gasteiger partial charge in [-0.05, 0) is 51.7 Å². The van der Waals surface area contributed by atoms with Gasteiger partial charge in [0.25, 0.3) is 5.82 Å². The van der Waals surface area contributed by atoms with E-state index in [9.17, 15) is 18.0 Å². The summed E-state index contributed by atoms with van der Waals surface area (Å²) in [5.74, 6) is -0.527. The molecular formula is C18H23F3N6O. The highest BCUT2D eigenvalue weighted by atomic mass is 19.4. The minimum atomic E-state index is -4.62. The molecule has 1 aliphatic heterocycles. The second kappa shape index (κ2) is 6.89. The predicted octanol–water partition coefficient (Wildman–Crippen LogP) is 2.76. The molecule has 152 valence electrons. The molecule has 1 saturated carbocycles. The first-order valence-electron chi connectivity index (χ1n) is 9.62. The molecule has 0 N–H and O–H groups in total. The van der Waals surface area contributed by atoms with Gasteiger partial charge in [-0.1, -0.05) is 0 Å². The molecule has 0 spiro atoms. The number of amides is 1. The highest BCUT2D eigenvalue weighted by Gasteiger charge is 2.39. The van der Waals surface area contributed by atoms with E-state index in [4.69, 9.17) is 0 Å². The molecule has 1 saturated heterocycles. The quantitative estimate of drug-likeness (QED) is 0.795. The Morgan fingerprint density at radius 1 is 1.14 bits per heavy atom. The first-order valence-corrected chi connectivity index (χ1v) is 9.62. The van der Waals surface area contributed by atoms with E-state index >= 15 is 0 Å². The third-order valence-electron chi connectivity index (χ3n) is 5.42. The molecule has 10 heteroatoms. The van der Waals surface area contributed by atoms with E-state index in [1.165, 1.54) is 6.07 Å². The zero-order valence-corrected chi connectivity index (χ0v) is 15.9. The normalized spacial score (nSPS) is 18.9. The number of rotatable bonds is 4. The number of alkyl halides is 3. The van der Waals surface area contributed by atoms with E-state index in [0.29, 0.717) is 37.8 Å². The second-order valence-electron chi connectivity index (χ2n) is 7.81. The van der Waals surface area contributed by atoms with Crippen LogP contribution in [0.2, 0.25) is 0 Å². The Morgan fingerprint density at radius 3 is 2.39 bits per heavy atom. The van der Waals surface area contributed by atoms with Gasteiger partial charge in [0.1, 0.15) is 5.82 Å². The number of hydrogen-bond acceptors (Lipinski definition) is 5. The number of hydrogen-bond donors (Lipinski definition) is 0. The Labute approximate surface area is 160 Å². The van der Waals surface area contributed by atoms with Crippen molar-refractivity contribution < 1.29 is 18.0 Å². The minimum Gasteiger partial charge on any atom is -0.355 e. The summed E-state index contributed by atoms with van der Waals surface area (Å²) in [6.07, 6.45) is -1.13. The molecule has 0 atom stereocenters. The number of aromatic nitrogens is 4. The van der Waals surface area contributed by atoms with Gasteiger partial charge in [-0.3, -0.25) is 4.79 Å². The van der Waals surface area contributed by atoms with Gasteiger partial charge in [0.2, 0.25) is 5.91 Å². The Balaban J connectivity index is 1.47. The average molecular weight is 396 g/mol. The van der Waals surface area contributed by atoms with Crippen molar-refractivity contribution in [3.05, 3.63) is 18.0 Å². The van der Waals surface area contributed by atoms with E-state index in [2.05, 4.69) is 15.3 Å². The maximum absolute atomic E-state index is 13.1. The number of nitrogens with zero attached hydrogens (tertiary/aromatic N) is 6. The molecule has 7 nitrogen and oxygen atoms in total. The van der Waals surface area contributed by atoms with Gasteiger partial charge < -0.3 is 9.80 Å². The van der Waals surface area contributed by atoms with Crippen LogP contribution in [-0.4, -0.2) is 55.8 Å². The molecule has 2 aliphatic rings. The predicted molar refractivity (Wildman–Crippen MR) is 95.7 cm³/mol. The Hall–Kier alpha value is -2.39. The van der Waals surface area contributed by atoms with Crippen LogP contribution in [0.25, 0.3) is 5.65 Å². The van der Waals surface area contributed by atoms with Crippen molar-refractivity contribution in [3.8, 4) is 0 Å². The van der Waals surface area contributed by atoms with Gasteiger partial charge in [0, 0.05) is 31.1 Å². The van der Waals surface area contributed by atoms with Gasteiger partial charge >= 0.3 is 6.18 Å². The lowest BCUT2D eigenvalue weighted by Crippen LogP contribution is -2.46. The maximum atomic E-state index is 13.1. The molecule has 2 aromatic rings. The van der Waals surface area contributed by atoms with Crippen molar-refractivity contribution in [2.24, 2.45) is 5.92 Å². The fourth-order valence-electron chi connectivity index (χ4n) is 3.90. The monoisotopic (exact) mass is 396 g/mol. The topological polar surface area (TPSA) is 66.6 Å². The SMILES string of the molecule is CC(C)N(C(=O)C1CCN(c2ccc3nnc(C(F)(F)F)n3n2)CC1)C1CC1. The summed E-state index contributed by atoms with van der Waals surface area (Å²) in [5.41, 5.74) is 0.0538. The molecule has 28 heavy (non-hydrogen) atoms. The van der Waals surface area contributed by atoms with Crippen molar-refractivity contribution in [2.45, 2.75) is 57.8 Å². The van der Waals surface area contributed by atoms with E-state index in [-0.39, 0.29) is 23.5 Å². The van der Waals surface area contributed by atoms with Crippen LogP contribution < -0.4 is 4.90 Å². The number of carbonyl (C=O) groups is 1. The third kappa shape index (κ3) is 3.51. The molecule has 2 fully saturated rings. The molecule has 1 aliphatic carbocycles. The maximum Gasteiger partial charge on any atom is 0.453 e. The van der Waals surface area contributed by atoms with Gasteiger partial charge in [-0.2, -0.15) is 17.7 Å². The van der Waals surface area contributed by atoms with Crippen LogP contribution >= 0.6 is 0 Å². The zero-order chi connectivity index (χ0) is 20.1. The van der Waals surface area contributed by atoms with E-state index in [0.717, 1.165) is 17.4 Å². The Kier molecular flexibility index (Phi) is 4.67. The smallest absolute Gasteiger partial charge is 0.355 e. The van der Waals surface area contributed by atoms with Gasteiger partial charge in [0.15, 0.2) is 5.65 Å². The number of halogens is 3. The molecular weight excluding hydrogens is 373 g/mol. The molecule has 0 radical (unpaired) electrons. The molecule has 3 heterocycles. The number of anilines is 1. The lowest BCUT2D eigenvalue weighted by molar-refractivity contribution is -0.146. The van der Waals surface area contributed by atoms with Crippen molar-refractivity contribution >= 4 is 17.4 Å². The standard InChI is InChI=1S/C18H23F3N6O/c1-11(2)26(13-3-4-13)16(28)12-7-9-25(10-8-12)15-6-5-14-22-23-17(18(19,20)21)27(14)24-15/h5-6,11-13H,3-4,7-10H2,1-2H3. The van der Waals surface area contributed by atoms with Crippen LogP contribution in [0.3, 0.4) is 0 Å². The number of carbonyl (C=O) groups excluding carboxylic acids is 1. The van der Waals surface area contributed by atoms with Crippen molar-refractivity contribution in [1.29, 1.82) is 0 Å². The highest BCUT2D eigenvalue weighted by Crippen LogP contribution is 2.33. The average Bonchev–Trinajstić information content (AvgIpc) is 3.37. The molecule has 0 unspecified atom stereocenters. The van der Waals surface area contributed by atoms with Crippen LogP contribution in [0.4, 0.5) is 19.0 Å². The van der Waals surface area contributed by atoms with Crippen molar-refractivity contribution in [1.82, 2.24) is 24.7 Å². The molecule has 1 amide bonds. The van der Waals surface area contributed by atoms with E-state index in [1.54, 1.807) is 6.07 Å². The summed E-state index contributed by atoms with van der Waals surface area (Å²) in [5, 5.41) is 10.8. The van der Waals surface area contributed by atoms with Crippen LogP contribution in [0.5, 0.6) is 0 Å². The highest BCUT2D eigenvalue weighted by molar-refractivity contribution is 5.80. The van der Waals surface area contributed by atoms with Crippen LogP contribution in [-0.2, 0) is 11.0 Å². The Bertz CT molecular complexity index is 866. The van der Waals surface area contributed by atoms with Crippen LogP contribution in [0.1, 0.15) is 45.4 Å². The summed E-state index contributed by atoms with van der Waals surface area (Å²) in [6, 6.07) is 3.70. The molecule has 0 bridgehead atoms. The van der Waals surface area contributed by atoms with Crippen LogP contribution in [0.15, 0.2) is 12.1 Å². The molecule has 0 aromatic carbocycles. The van der Waals surface area contributed by atoms with E-state index in [1.807, 2.05) is 23.6 Å². The van der Waals surface area contributed by atoms with E-state index < -0.39 is 12.0 Å². The fourth-order valence-corrected chi connectivity index (χ4v) is 3.90. The summed E-state index contributed by atoms with van der Waals surface area (Å²) in [6.45, 7) is 5.24. The summed E-state index contributed by atoms with van der Waals surface area (Å²) >= 11 is 0. The largest absolute Gasteiger partial charge is 0.453 e. The zero-order valence-electron chi connectivity index (χ0n) is 15.9. The molecule has 4 rings (SSSR count). The lowest BCUT2D eigenvalue weighted by Gasteiger charge is -2.36. The van der Waals surface area contributed by atoms with Gasteiger partial charge in [-0.25, -0.2) is 0 Å². The summed E-state index contributed by atoms with van der Waals surface area (Å²) in [7, 11) is 0. The summed E-state index contributed by atoms with van der Waals surface area (Å²) in [4.78, 5) is 16.8. The molecule has 2 aromatic heterocycles. The summed E-state index contributed by atoms with van der Waals surface area (Å²) < 4.78 is 39.9. The minimum absolute atomic E-state index is 0.0383. The van der Waals surface area contributed by atoms with Gasteiger partial charge in [-0.15, -0.1) is 15.3 Å². The first kappa shape index (κ1) is 18.9. The number of piperidine rings is 1. The Morgan fingerprint density at radius 2 is 1.82 bits per heavy atom. The van der Waals surface area contributed by atoms with Crippen molar-refractivity contribution in [2.75, 3.05) is 18.0 Å². The fraction of sp³-hybridized carbons (Fsp3) is 0.667. The van der Waals surface area contributed by atoms with Crippen LogP contribution in [0, 0.1) is 5.92 Å². The number of fused-ring (bicyclic) bond motifs is 1. The third-order valence-corrected chi connectivity index (χ3v) is 5.42. The van der Waals surface area contributed by atoms with Gasteiger partial charge in [0.05, 0.1) is 0 Å². The first-order chi connectivity index (χ1) is 13.3.